The predicted molar refractivity (Wildman–Crippen MR) is 141 cm³/mol. The van der Waals surface area contributed by atoms with Gasteiger partial charge in [0.15, 0.2) is 11.5 Å². The van der Waals surface area contributed by atoms with Crippen LogP contribution in [-0.2, 0) is 9.53 Å². The van der Waals surface area contributed by atoms with Crippen LogP contribution in [0.4, 0.5) is 31.2 Å². The molecule has 0 radical (unpaired) electrons. The van der Waals surface area contributed by atoms with E-state index in [0.29, 0.717) is 55.9 Å². The topological polar surface area (TPSA) is 140 Å². The molecule has 5 rings (SSSR count). The van der Waals surface area contributed by atoms with E-state index in [0.717, 1.165) is 25.0 Å². The molecule has 2 aliphatic rings. The number of benzene rings is 1. The number of imidazole rings is 1. The van der Waals surface area contributed by atoms with Gasteiger partial charge in [-0.15, -0.1) is 0 Å². The Morgan fingerprint density at radius 3 is 2.64 bits per heavy atom. The predicted octanol–water partition coefficient (Wildman–Crippen LogP) is 4.36. The number of nitrogens with two attached hydrogens (primary N) is 1. The maximum Gasteiger partial charge on any atom is 0.409 e. The molecule has 0 bridgehead atoms. The third-order valence-electron chi connectivity index (χ3n) is 7.37. The number of methoxy groups -OCH3 is 1. The standard InChI is InChI=1S/C25H29ClF2N8O3/c1-39-25(38)35-10-2-3-14(12-35)31-23-30-11-18-22(34-23)36(15-6-4-13(5-7-15)21(29)37)24(32-18)33-20-17(27)9-8-16(26)19(20)28/h8-9,11,13-15H,2-7,10,12H2,1H3,(H2,29,37)(H,32,33)(H,30,31,34)/t13-,14-,15+/m1/s1. The van der Waals surface area contributed by atoms with E-state index in [2.05, 4.69) is 20.6 Å². The van der Waals surface area contributed by atoms with E-state index in [4.69, 9.17) is 27.1 Å². The minimum Gasteiger partial charge on any atom is -0.453 e. The fourth-order valence-electron chi connectivity index (χ4n) is 5.34. The van der Waals surface area contributed by atoms with Gasteiger partial charge in [0, 0.05) is 31.1 Å². The number of carbonyl (C=O) groups is 2. The van der Waals surface area contributed by atoms with Gasteiger partial charge in [-0.25, -0.2) is 23.5 Å². The lowest BCUT2D eigenvalue weighted by atomic mass is 9.85. The smallest absolute Gasteiger partial charge is 0.409 e. The third kappa shape index (κ3) is 5.54. The molecular weight excluding hydrogens is 534 g/mol. The van der Waals surface area contributed by atoms with Crippen LogP contribution in [0, 0.1) is 17.6 Å². The van der Waals surface area contributed by atoms with Gasteiger partial charge in [0.2, 0.25) is 17.8 Å². The van der Waals surface area contributed by atoms with E-state index in [9.17, 15) is 18.4 Å². The number of primary amides is 1. The summed E-state index contributed by atoms with van der Waals surface area (Å²) in [6.07, 6.45) is 5.08. The van der Waals surface area contributed by atoms with E-state index in [1.807, 2.05) is 0 Å². The fourth-order valence-corrected chi connectivity index (χ4v) is 5.50. The number of aromatic nitrogens is 4. The lowest BCUT2D eigenvalue weighted by Gasteiger charge is -2.32. The first-order chi connectivity index (χ1) is 18.7. The number of likely N-dealkylation sites (tertiary alicyclic amines) is 1. The van der Waals surface area contributed by atoms with Crippen molar-refractivity contribution in [2.24, 2.45) is 11.7 Å². The summed E-state index contributed by atoms with van der Waals surface area (Å²) >= 11 is 5.90. The Morgan fingerprint density at radius 1 is 1.15 bits per heavy atom. The molecule has 1 saturated heterocycles. The molecule has 2 amide bonds. The number of amides is 2. The number of halogens is 3. The Hall–Kier alpha value is -3.74. The molecule has 0 spiro atoms. The lowest BCUT2D eigenvalue weighted by molar-refractivity contribution is -0.122. The second-order valence-electron chi connectivity index (χ2n) is 9.86. The summed E-state index contributed by atoms with van der Waals surface area (Å²) in [6, 6.07) is 1.96. The molecule has 0 unspecified atom stereocenters. The van der Waals surface area contributed by atoms with E-state index >= 15 is 0 Å². The van der Waals surface area contributed by atoms with Crippen LogP contribution in [-0.4, -0.2) is 62.7 Å². The highest BCUT2D eigenvalue weighted by atomic mass is 35.5. The molecule has 1 aliphatic carbocycles. The molecule has 3 heterocycles. The van der Waals surface area contributed by atoms with Crippen molar-refractivity contribution in [2.45, 2.75) is 50.6 Å². The second kappa shape index (κ2) is 11.2. The number of hydrogen-bond acceptors (Lipinski definition) is 8. The minimum absolute atomic E-state index is 0.0927. The summed E-state index contributed by atoms with van der Waals surface area (Å²) in [5.74, 6) is -1.83. The summed E-state index contributed by atoms with van der Waals surface area (Å²) in [6.45, 7) is 1.04. The zero-order valence-corrected chi connectivity index (χ0v) is 22.0. The molecular formula is C25H29ClF2N8O3. The van der Waals surface area contributed by atoms with E-state index < -0.39 is 23.4 Å². The second-order valence-corrected chi connectivity index (χ2v) is 10.3. The van der Waals surface area contributed by atoms with Crippen molar-refractivity contribution in [3.63, 3.8) is 0 Å². The maximum absolute atomic E-state index is 14.8. The first-order valence-electron chi connectivity index (χ1n) is 12.8. The number of hydrogen-bond donors (Lipinski definition) is 3. The van der Waals surface area contributed by atoms with E-state index in [1.54, 1.807) is 9.47 Å². The van der Waals surface area contributed by atoms with Gasteiger partial charge >= 0.3 is 6.09 Å². The number of piperidine rings is 1. The normalized spacial score (nSPS) is 21.5. The number of carbonyl (C=O) groups excluding carboxylic acids is 2. The Bertz CT molecular complexity index is 1400. The first kappa shape index (κ1) is 26.9. The summed E-state index contributed by atoms with van der Waals surface area (Å²) in [5.41, 5.74) is 5.97. The Kier molecular flexibility index (Phi) is 7.69. The molecule has 4 N–H and O–H groups in total. The van der Waals surface area contributed by atoms with Crippen LogP contribution in [0.2, 0.25) is 5.02 Å². The summed E-state index contributed by atoms with van der Waals surface area (Å²) < 4.78 is 36.0. The summed E-state index contributed by atoms with van der Waals surface area (Å²) in [7, 11) is 1.35. The van der Waals surface area contributed by atoms with Gasteiger partial charge in [-0.3, -0.25) is 9.36 Å². The molecule has 208 valence electrons. The Morgan fingerprint density at radius 2 is 1.92 bits per heavy atom. The molecule has 1 saturated carbocycles. The highest BCUT2D eigenvalue weighted by molar-refractivity contribution is 6.31. The monoisotopic (exact) mass is 562 g/mol. The first-order valence-corrected chi connectivity index (χ1v) is 13.2. The largest absolute Gasteiger partial charge is 0.453 e. The number of fused-ring (bicyclic) bond motifs is 1. The van der Waals surface area contributed by atoms with Crippen molar-refractivity contribution in [1.82, 2.24) is 24.4 Å². The molecule has 11 nitrogen and oxygen atoms in total. The summed E-state index contributed by atoms with van der Waals surface area (Å²) in [4.78, 5) is 39.0. The van der Waals surface area contributed by atoms with Crippen LogP contribution in [0.5, 0.6) is 0 Å². The molecule has 14 heteroatoms. The quantitative estimate of drug-likeness (QED) is 0.376. The van der Waals surface area contributed by atoms with Crippen molar-refractivity contribution < 1.29 is 23.1 Å². The van der Waals surface area contributed by atoms with Gasteiger partial charge in [-0.2, -0.15) is 4.98 Å². The molecule has 1 aliphatic heterocycles. The number of rotatable bonds is 6. The van der Waals surface area contributed by atoms with Gasteiger partial charge in [0.05, 0.1) is 18.3 Å². The zero-order chi connectivity index (χ0) is 27.7. The number of nitrogens with one attached hydrogen (secondary N) is 2. The molecule has 1 atom stereocenters. The van der Waals surface area contributed by atoms with Gasteiger partial charge in [0.25, 0.3) is 0 Å². The average Bonchev–Trinajstić information content (AvgIpc) is 3.30. The van der Waals surface area contributed by atoms with Crippen LogP contribution < -0.4 is 16.4 Å². The highest BCUT2D eigenvalue weighted by Gasteiger charge is 2.30. The van der Waals surface area contributed by atoms with Crippen LogP contribution in [0.15, 0.2) is 18.3 Å². The lowest BCUT2D eigenvalue weighted by Crippen LogP contribution is -2.45. The maximum atomic E-state index is 14.8. The fraction of sp³-hybridized carbons (Fsp3) is 0.480. The Balaban J connectivity index is 1.49. The molecule has 2 fully saturated rings. The third-order valence-corrected chi connectivity index (χ3v) is 7.66. The van der Waals surface area contributed by atoms with E-state index in [-0.39, 0.29) is 34.9 Å². The van der Waals surface area contributed by atoms with Gasteiger partial charge in [0.1, 0.15) is 17.0 Å². The van der Waals surface area contributed by atoms with Crippen molar-refractivity contribution in [1.29, 1.82) is 0 Å². The SMILES string of the molecule is COC(=O)N1CCC[C@@H](Nc2ncc3nc(Nc4c(F)ccc(Cl)c4F)n([C@H]4CC[C@@H](C(N)=O)CC4)c3n2)C1. The molecule has 2 aromatic heterocycles. The number of nitrogens with zero attached hydrogens (tertiary/aromatic N) is 5. The van der Waals surface area contributed by atoms with Crippen LogP contribution in [0.1, 0.15) is 44.6 Å². The van der Waals surface area contributed by atoms with Crippen LogP contribution in [0.3, 0.4) is 0 Å². The van der Waals surface area contributed by atoms with Gasteiger partial charge in [-0.05, 0) is 50.7 Å². The van der Waals surface area contributed by atoms with Crippen molar-refractivity contribution >= 4 is 52.3 Å². The Labute approximate surface area is 228 Å². The van der Waals surface area contributed by atoms with E-state index in [1.165, 1.54) is 13.3 Å². The highest BCUT2D eigenvalue weighted by Crippen LogP contribution is 2.38. The number of ether oxygens (including phenoxy) is 1. The molecule has 3 aromatic rings. The van der Waals surface area contributed by atoms with Crippen LogP contribution in [0.25, 0.3) is 11.2 Å². The zero-order valence-electron chi connectivity index (χ0n) is 21.3. The van der Waals surface area contributed by atoms with Crippen molar-refractivity contribution in [2.75, 3.05) is 30.8 Å². The van der Waals surface area contributed by atoms with Crippen LogP contribution >= 0.6 is 11.6 Å². The average molecular weight is 563 g/mol. The van der Waals surface area contributed by atoms with Gasteiger partial charge in [-0.1, -0.05) is 11.6 Å². The van der Waals surface area contributed by atoms with Crippen molar-refractivity contribution in [3.8, 4) is 0 Å². The minimum atomic E-state index is -0.936. The van der Waals surface area contributed by atoms with Gasteiger partial charge < -0.3 is 26.0 Å². The number of anilines is 3. The molecule has 1 aromatic carbocycles. The molecule has 39 heavy (non-hydrogen) atoms. The van der Waals surface area contributed by atoms with Crippen molar-refractivity contribution in [3.05, 3.63) is 35.0 Å². The summed E-state index contributed by atoms with van der Waals surface area (Å²) in [5, 5.41) is 5.83.